The van der Waals surface area contributed by atoms with Crippen LogP contribution in [0.15, 0.2) is 308 Å². The summed E-state index contributed by atoms with van der Waals surface area (Å²) >= 11 is 1.87. The summed E-state index contributed by atoms with van der Waals surface area (Å²) in [7, 11) is 0. The molecule has 2 spiro atoms. The van der Waals surface area contributed by atoms with Crippen molar-refractivity contribution in [3.05, 3.63) is 326 Å². The van der Waals surface area contributed by atoms with Gasteiger partial charge in [0.25, 0.3) is 0 Å². The Balaban J connectivity index is 0.000000128. The van der Waals surface area contributed by atoms with Crippen LogP contribution in [-0.2, 0) is 10.8 Å². The molecule has 16 aromatic rings. The summed E-state index contributed by atoms with van der Waals surface area (Å²) in [6.45, 7) is 0. The number of para-hydroxylation sites is 1. The molecule has 0 radical (unpaired) electrons. The molecule has 8 fully saturated rings. The molecule has 0 unspecified atom stereocenters. The van der Waals surface area contributed by atoms with E-state index in [1.807, 2.05) is 17.4 Å². The van der Waals surface area contributed by atoms with Crippen LogP contribution in [-0.4, -0.2) is 0 Å². The summed E-state index contributed by atoms with van der Waals surface area (Å²) < 4.78 is 9.05. The van der Waals surface area contributed by atoms with Gasteiger partial charge in [0, 0.05) is 81.7 Å². The van der Waals surface area contributed by atoms with Crippen LogP contribution in [0.2, 0.25) is 0 Å². The van der Waals surface area contributed by atoms with Crippen molar-refractivity contribution in [2.24, 2.45) is 47.3 Å². The molecule has 500 valence electrons. The standard InChI is InChI=1S/C52H39NOS.C48H39N/c1-4-12-45-44(10-1)51-39(11-7-13-46(51)52(45)34-25-31-24-32(27-34)28-35(52)26-31)33-16-18-36(19-17-33)53(37-20-22-41-40-8-2-5-14-47(40)54-48(41)29-37)38-21-23-43-42-9-3-6-15-49(42)55-50(43)30-38;1-2-11-36-30-40(24-19-33(36)9-1)49(46-18-7-12-34-10-3-4-13-41(34)46)39-22-20-35(21-23-39)42-15-8-17-45-47(42)43-14-5-6-16-44(43)48(45)37-26-31-25-32(28-37)29-38(48)27-31/h1-23,29-32,34-35H,24-28H2;1-24,30-32,37-38H,25-29H2. The van der Waals surface area contributed by atoms with Crippen LogP contribution in [0, 0.1) is 47.3 Å². The molecule has 10 aliphatic carbocycles. The quantitative estimate of drug-likeness (QED) is 0.151. The van der Waals surface area contributed by atoms with Crippen molar-refractivity contribution in [1.29, 1.82) is 0 Å². The third kappa shape index (κ3) is 8.70. The van der Waals surface area contributed by atoms with Gasteiger partial charge >= 0.3 is 0 Å². The minimum absolute atomic E-state index is 0.173. The van der Waals surface area contributed by atoms with Crippen molar-refractivity contribution < 1.29 is 4.42 Å². The number of hydrogen-bond acceptors (Lipinski definition) is 4. The van der Waals surface area contributed by atoms with Crippen LogP contribution in [0.3, 0.4) is 0 Å². The van der Waals surface area contributed by atoms with Gasteiger partial charge in [-0.05, 0) is 273 Å². The summed E-state index contributed by atoms with van der Waals surface area (Å²) in [6, 6.07) is 114. The van der Waals surface area contributed by atoms with Gasteiger partial charge in [0.15, 0.2) is 0 Å². The minimum Gasteiger partial charge on any atom is -0.456 e. The first kappa shape index (κ1) is 59.7. The van der Waals surface area contributed by atoms with E-state index in [1.165, 1.54) is 167 Å². The molecule has 2 heterocycles. The minimum atomic E-state index is 0.173. The second-order valence-corrected chi connectivity index (χ2v) is 33.3. The van der Waals surface area contributed by atoms with Crippen LogP contribution in [0.25, 0.3) is 108 Å². The first-order valence-electron chi connectivity index (χ1n) is 38.5. The highest BCUT2D eigenvalue weighted by atomic mass is 32.1. The summed E-state index contributed by atoms with van der Waals surface area (Å²) in [4.78, 5) is 4.83. The fourth-order valence-electron chi connectivity index (χ4n) is 23.8. The molecule has 14 aromatic carbocycles. The van der Waals surface area contributed by atoms with E-state index < -0.39 is 0 Å². The van der Waals surface area contributed by atoms with E-state index in [2.05, 4.69) is 307 Å². The van der Waals surface area contributed by atoms with Crippen molar-refractivity contribution in [2.45, 2.75) is 75.0 Å². The van der Waals surface area contributed by atoms with Crippen molar-refractivity contribution in [1.82, 2.24) is 0 Å². The molecule has 104 heavy (non-hydrogen) atoms. The molecule has 3 nitrogen and oxygen atoms in total. The highest BCUT2D eigenvalue weighted by Gasteiger charge is 2.63. The van der Waals surface area contributed by atoms with Crippen molar-refractivity contribution >= 4 is 109 Å². The molecule has 0 saturated heterocycles. The number of fused-ring (bicyclic) bond motifs is 14. The zero-order chi connectivity index (χ0) is 67.9. The van der Waals surface area contributed by atoms with E-state index in [0.717, 1.165) is 86.3 Å². The Hall–Kier alpha value is -10.8. The van der Waals surface area contributed by atoms with E-state index in [4.69, 9.17) is 4.42 Å². The van der Waals surface area contributed by atoms with Gasteiger partial charge in [0.05, 0.1) is 5.69 Å². The molecule has 0 amide bonds. The molecule has 8 saturated carbocycles. The second kappa shape index (κ2) is 22.9. The van der Waals surface area contributed by atoms with E-state index in [-0.39, 0.29) is 10.8 Å². The van der Waals surface area contributed by atoms with Gasteiger partial charge in [-0.15, -0.1) is 11.3 Å². The van der Waals surface area contributed by atoms with E-state index in [0.29, 0.717) is 0 Å². The summed E-state index contributed by atoms with van der Waals surface area (Å²) in [5, 5.41) is 9.93. The monoisotopic (exact) mass is 1350 g/mol. The SMILES string of the molecule is c1ccc2c(c1)-c1c(-c3ccc(N(c4ccc5c(c4)oc4ccccc45)c4ccc5c(c4)sc4ccccc45)cc3)cccc1C21C2CC3CC(C2)CC1C3.c1ccc2c(c1)-c1c(-c3ccc(N(c4ccc5ccccc5c4)c4cccc5ccccc45)cc3)cccc1C21C2CC3CC(C2)CC1C3. The van der Waals surface area contributed by atoms with Gasteiger partial charge in [-0.25, -0.2) is 0 Å². The maximum atomic E-state index is 6.43. The van der Waals surface area contributed by atoms with Gasteiger partial charge in [-0.3, -0.25) is 0 Å². The molecule has 4 heteroatoms. The smallest absolute Gasteiger partial charge is 0.137 e. The number of rotatable bonds is 8. The van der Waals surface area contributed by atoms with Gasteiger partial charge in [0.1, 0.15) is 11.2 Å². The van der Waals surface area contributed by atoms with Gasteiger partial charge in [0.2, 0.25) is 0 Å². The molecular weight excluding hydrogens is 1280 g/mol. The lowest BCUT2D eigenvalue weighted by atomic mass is 9.43. The average Bonchev–Trinajstić information content (AvgIpc) is 1.54. The number of thiophene rings is 1. The second-order valence-electron chi connectivity index (χ2n) is 32.2. The largest absolute Gasteiger partial charge is 0.456 e. The number of hydrogen-bond donors (Lipinski definition) is 0. The van der Waals surface area contributed by atoms with Crippen LogP contribution >= 0.6 is 11.3 Å². The summed E-state index contributed by atoms with van der Waals surface area (Å²) in [5.74, 6) is 6.87. The van der Waals surface area contributed by atoms with Crippen molar-refractivity contribution in [3.8, 4) is 44.5 Å². The predicted octanol–water partition coefficient (Wildman–Crippen LogP) is 27.7. The van der Waals surface area contributed by atoms with Crippen LogP contribution < -0.4 is 9.80 Å². The van der Waals surface area contributed by atoms with Gasteiger partial charge < -0.3 is 14.2 Å². The van der Waals surface area contributed by atoms with E-state index >= 15 is 0 Å². The Kier molecular flexibility index (Phi) is 13.1. The zero-order valence-corrected chi connectivity index (χ0v) is 59.1. The van der Waals surface area contributed by atoms with Crippen LogP contribution in [0.4, 0.5) is 34.1 Å². The van der Waals surface area contributed by atoms with E-state index in [1.54, 1.807) is 22.3 Å². The third-order valence-electron chi connectivity index (χ3n) is 27.3. The molecule has 8 bridgehead atoms. The maximum Gasteiger partial charge on any atom is 0.137 e. The maximum absolute atomic E-state index is 6.43. The van der Waals surface area contributed by atoms with Crippen molar-refractivity contribution in [2.75, 3.05) is 9.80 Å². The molecule has 2 aromatic heterocycles. The Bertz CT molecular complexity index is 6010. The Labute approximate surface area is 611 Å². The topological polar surface area (TPSA) is 19.6 Å². The first-order valence-corrected chi connectivity index (χ1v) is 39.3. The molecule has 0 atom stereocenters. The molecule has 0 N–H and O–H groups in total. The van der Waals surface area contributed by atoms with Crippen LogP contribution in [0.5, 0.6) is 0 Å². The number of nitrogens with zero attached hydrogens (tertiary/aromatic N) is 2. The zero-order valence-electron chi connectivity index (χ0n) is 58.3. The van der Waals surface area contributed by atoms with E-state index in [9.17, 15) is 0 Å². The molecule has 0 aliphatic heterocycles. The highest BCUT2D eigenvalue weighted by molar-refractivity contribution is 7.25. The van der Waals surface area contributed by atoms with Gasteiger partial charge in [-0.1, -0.05) is 218 Å². The fraction of sp³-hybridized carbons (Fsp3) is 0.200. The summed E-state index contributed by atoms with van der Waals surface area (Å²) in [5.41, 5.74) is 26.8. The number of furan rings is 1. The molecule has 26 rings (SSSR count). The number of benzene rings is 14. The van der Waals surface area contributed by atoms with Gasteiger partial charge in [-0.2, -0.15) is 0 Å². The molecule has 10 aliphatic rings. The third-order valence-corrected chi connectivity index (χ3v) is 28.4. The predicted molar refractivity (Wildman–Crippen MR) is 435 cm³/mol. The first-order chi connectivity index (χ1) is 51.5. The fourth-order valence-corrected chi connectivity index (χ4v) is 24.9. The van der Waals surface area contributed by atoms with Crippen molar-refractivity contribution in [3.63, 3.8) is 0 Å². The Morgan fingerprint density at radius 1 is 0.269 bits per heavy atom. The summed E-state index contributed by atoms with van der Waals surface area (Å²) in [6.07, 6.45) is 14.2. The normalized spacial score (nSPS) is 23.8. The molecular formula is C100H78N2OS. The van der Waals surface area contributed by atoms with Crippen LogP contribution in [0.1, 0.15) is 86.5 Å². The lowest BCUT2D eigenvalue weighted by Crippen LogP contribution is -2.55. The Morgan fingerprint density at radius 2 is 0.692 bits per heavy atom. The lowest BCUT2D eigenvalue weighted by Gasteiger charge is -2.61. The average molecular weight is 1360 g/mol. The Morgan fingerprint density at radius 3 is 1.32 bits per heavy atom. The highest BCUT2D eigenvalue weighted by Crippen LogP contribution is 2.72. The lowest BCUT2D eigenvalue weighted by molar-refractivity contribution is -0.0399. The number of anilines is 6.